The smallest absolute Gasteiger partial charge is 0.159 e. The van der Waals surface area contributed by atoms with E-state index in [4.69, 9.17) is 16.3 Å². The molecule has 1 N–H and O–H groups in total. The molecule has 0 fully saturated rings. The van der Waals surface area contributed by atoms with Gasteiger partial charge in [-0.2, -0.15) is 5.10 Å². The molecule has 5 nitrogen and oxygen atoms in total. The van der Waals surface area contributed by atoms with E-state index < -0.39 is 6.10 Å². The summed E-state index contributed by atoms with van der Waals surface area (Å²) < 4.78 is 7.20. The standard InChI is InChI=1S/C18H18ClN3O2/c19-17-9-5-4-8-16(17)18-20-13-21-22(18)10-15(23)12-24-11-14-6-2-1-3-7-14/h1-9,13,15,23H,10-12H2. The molecule has 0 aliphatic rings. The van der Waals surface area contributed by atoms with E-state index in [9.17, 15) is 5.11 Å². The van der Waals surface area contributed by atoms with E-state index in [1.165, 1.54) is 6.33 Å². The zero-order valence-electron chi connectivity index (χ0n) is 13.0. The van der Waals surface area contributed by atoms with E-state index in [1.807, 2.05) is 48.5 Å². The SMILES string of the molecule is OC(COCc1ccccc1)Cn1ncnc1-c1ccccc1Cl. The van der Waals surface area contributed by atoms with Crippen LogP contribution in [0.15, 0.2) is 60.9 Å². The first-order valence-corrected chi connectivity index (χ1v) is 8.04. The molecule has 1 atom stereocenters. The highest BCUT2D eigenvalue weighted by molar-refractivity contribution is 6.33. The summed E-state index contributed by atoms with van der Waals surface area (Å²) in [5.41, 5.74) is 1.86. The number of aliphatic hydroxyl groups is 1. The van der Waals surface area contributed by atoms with Crippen LogP contribution in [0.4, 0.5) is 0 Å². The summed E-state index contributed by atoms with van der Waals surface area (Å²) >= 11 is 6.21. The van der Waals surface area contributed by atoms with Gasteiger partial charge in [-0.25, -0.2) is 9.67 Å². The van der Waals surface area contributed by atoms with E-state index in [2.05, 4.69) is 10.1 Å². The number of halogens is 1. The van der Waals surface area contributed by atoms with Gasteiger partial charge in [-0.1, -0.05) is 54.1 Å². The Kier molecular flexibility index (Phi) is 5.59. The van der Waals surface area contributed by atoms with Crippen LogP contribution in [0, 0.1) is 0 Å². The van der Waals surface area contributed by atoms with Crippen LogP contribution in [-0.4, -0.2) is 32.6 Å². The van der Waals surface area contributed by atoms with Crippen molar-refractivity contribution >= 4 is 11.6 Å². The molecule has 0 saturated heterocycles. The predicted octanol–water partition coefficient (Wildman–Crippen LogP) is 3.18. The first-order valence-electron chi connectivity index (χ1n) is 7.66. The highest BCUT2D eigenvalue weighted by Gasteiger charge is 2.14. The monoisotopic (exact) mass is 343 g/mol. The number of aliphatic hydroxyl groups excluding tert-OH is 1. The Morgan fingerprint density at radius 2 is 1.83 bits per heavy atom. The van der Waals surface area contributed by atoms with E-state index in [0.717, 1.165) is 11.1 Å². The number of ether oxygens (including phenoxy) is 1. The van der Waals surface area contributed by atoms with Gasteiger partial charge < -0.3 is 9.84 Å². The Morgan fingerprint density at radius 1 is 1.08 bits per heavy atom. The van der Waals surface area contributed by atoms with Crippen molar-refractivity contribution in [2.45, 2.75) is 19.3 Å². The van der Waals surface area contributed by atoms with Crippen LogP contribution in [0.5, 0.6) is 0 Å². The third-order valence-electron chi connectivity index (χ3n) is 3.54. The van der Waals surface area contributed by atoms with Gasteiger partial charge in [0.1, 0.15) is 6.33 Å². The van der Waals surface area contributed by atoms with E-state index in [1.54, 1.807) is 10.7 Å². The molecule has 0 spiro atoms. The average Bonchev–Trinajstić information content (AvgIpc) is 3.04. The lowest BCUT2D eigenvalue weighted by molar-refractivity contribution is 0.0189. The molecule has 3 rings (SSSR count). The number of rotatable bonds is 7. The van der Waals surface area contributed by atoms with E-state index in [0.29, 0.717) is 17.5 Å². The van der Waals surface area contributed by atoms with Crippen LogP contribution >= 0.6 is 11.6 Å². The summed E-state index contributed by atoms with van der Waals surface area (Å²) in [6.45, 7) is 0.971. The molecule has 0 aliphatic carbocycles. The highest BCUT2D eigenvalue weighted by Crippen LogP contribution is 2.25. The van der Waals surface area contributed by atoms with Crippen molar-refractivity contribution in [1.29, 1.82) is 0 Å². The molecule has 6 heteroatoms. The van der Waals surface area contributed by atoms with Gasteiger partial charge in [0.2, 0.25) is 0 Å². The van der Waals surface area contributed by atoms with Gasteiger partial charge >= 0.3 is 0 Å². The number of hydrogen-bond acceptors (Lipinski definition) is 4. The van der Waals surface area contributed by atoms with Gasteiger partial charge in [0.15, 0.2) is 5.82 Å². The molecule has 2 aromatic carbocycles. The second-order valence-corrected chi connectivity index (χ2v) is 5.81. The molecule has 1 unspecified atom stereocenters. The zero-order valence-corrected chi connectivity index (χ0v) is 13.8. The highest BCUT2D eigenvalue weighted by atomic mass is 35.5. The third kappa shape index (κ3) is 4.20. The van der Waals surface area contributed by atoms with Crippen LogP contribution < -0.4 is 0 Å². The minimum Gasteiger partial charge on any atom is -0.389 e. The topological polar surface area (TPSA) is 60.2 Å². The van der Waals surface area contributed by atoms with Crippen LogP contribution in [-0.2, 0) is 17.9 Å². The van der Waals surface area contributed by atoms with Crippen LogP contribution in [0.3, 0.4) is 0 Å². The maximum absolute atomic E-state index is 10.2. The fraction of sp³-hybridized carbons (Fsp3) is 0.222. The Hall–Kier alpha value is -2.21. The Bertz CT molecular complexity index is 777. The summed E-state index contributed by atoms with van der Waals surface area (Å²) in [6, 6.07) is 17.3. The zero-order chi connectivity index (χ0) is 16.8. The number of hydrogen-bond donors (Lipinski definition) is 1. The third-order valence-corrected chi connectivity index (χ3v) is 3.87. The van der Waals surface area contributed by atoms with Gasteiger partial charge in [0, 0.05) is 5.56 Å². The molecule has 0 aliphatic heterocycles. The van der Waals surface area contributed by atoms with Crippen molar-refractivity contribution in [3.8, 4) is 11.4 Å². The summed E-state index contributed by atoms with van der Waals surface area (Å²) in [5, 5.41) is 15.0. The molecule has 3 aromatic rings. The molecule has 24 heavy (non-hydrogen) atoms. The minimum absolute atomic E-state index is 0.219. The summed E-state index contributed by atoms with van der Waals surface area (Å²) in [4.78, 5) is 4.24. The normalized spacial score (nSPS) is 12.2. The molecule has 1 aromatic heterocycles. The Labute approximate surface area is 145 Å². The molecular weight excluding hydrogens is 326 g/mol. The van der Waals surface area contributed by atoms with Crippen molar-refractivity contribution in [1.82, 2.24) is 14.8 Å². The molecule has 0 radical (unpaired) electrons. The first-order chi connectivity index (χ1) is 11.7. The summed E-state index contributed by atoms with van der Waals surface area (Å²) in [5.74, 6) is 0.628. The largest absolute Gasteiger partial charge is 0.389 e. The molecule has 0 amide bonds. The van der Waals surface area contributed by atoms with Gasteiger partial charge in [0.25, 0.3) is 0 Å². The number of benzene rings is 2. The molecule has 1 heterocycles. The van der Waals surface area contributed by atoms with Crippen LogP contribution in [0.25, 0.3) is 11.4 Å². The Morgan fingerprint density at radius 3 is 2.62 bits per heavy atom. The number of aromatic nitrogens is 3. The van der Waals surface area contributed by atoms with E-state index >= 15 is 0 Å². The second kappa shape index (κ2) is 8.06. The van der Waals surface area contributed by atoms with Crippen molar-refractivity contribution in [3.63, 3.8) is 0 Å². The average molecular weight is 344 g/mol. The van der Waals surface area contributed by atoms with Crippen molar-refractivity contribution in [2.24, 2.45) is 0 Å². The Balaban J connectivity index is 1.58. The minimum atomic E-state index is -0.684. The predicted molar refractivity (Wildman–Crippen MR) is 92.6 cm³/mol. The molecule has 124 valence electrons. The molecule has 0 saturated carbocycles. The summed E-state index contributed by atoms with van der Waals surface area (Å²) in [7, 11) is 0. The van der Waals surface area contributed by atoms with Gasteiger partial charge in [-0.05, 0) is 17.7 Å². The number of nitrogens with zero attached hydrogens (tertiary/aromatic N) is 3. The van der Waals surface area contributed by atoms with E-state index in [-0.39, 0.29) is 13.2 Å². The summed E-state index contributed by atoms with van der Waals surface area (Å²) in [6.07, 6.45) is 0.771. The maximum Gasteiger partial charge on any atom is 0.159 e. The quantitative estimate of drug-likeness (QED) is 0.715. The van der Waals surface area contributed by atoms with Crippen molar-refractivity contribution < 1.29 is 9.84 Å². The lowest BCUT2D eigenvalue weighted by Crippen LogP contribution is -2.23. The van der Waals surface area contributed by atoms with Gasteiger partial charge in [0.05, 0.1) is 30.9 Å². The fourth-order valence-electron chi connectivity index (χ4n) is 2.39. The lowest BCUT2D eigenvalue weighted by Gasteiger charge is -2.13. The molecular formula is C18H18ClN3O2. The van der Waals surface area contributed by atoms with Crippen molar-refractivity contribution in [2.75, 3.05) is 6.61 Å². The first kappa shape index (κ1) is 16.6. The lowest BCUT2D eigenvalue weighted by atomic mass is 10.2. The van der Waals surface area contributed by atoms with Crippen molar-refractivity contribution in [3.05, 3.63) is 71.5 Å². The van der Waals surface area contributed by atoms with Gasteiger partial charge in [-0.15, -0.1) is 0 Å². The van der Waals surface area contributed by atoms with Gasteiger partial charge in [-0.3, -0.25) is 0 Å². The van der Waals surface area contributed by atoms with Crippen LogP contribution in [0.1, 0.15) is 5.56 Å². The maximum atomic E-state index is 10.2. The van der Waals surface area contributed by atoms with Crippen LogP contribution in [0.2, 0.25) is 5.02 Å². The molecule has 0 bridgehead atoms. The second-order valence-electron chi connectivity index (χ2n) is 5.40. The fourth-order valence-corrected chi connectivity index (χ4v) is 2.61.